The first-order chi connectivity index (χ1) is 10.2. The second-order valence-corrected chi connectivity index (χ2v) is 5.43. The average molecular weight is 289 g/mol. The molecule has 2 unspecified atom stereocenters. The molecule has 114 valence electrons. The summed E-state index contributed by atoms with van der Waals surface area (Å²) < 4.78 is 4.91. The molecule has 2 rings (SSSR count). The van der Waals surface area contributed by atoms with Crippen LogP contribution >= 0.6 is 0 Å². The molecule has 0 bridgehead atoms. The van der Waals surface area contributed by atoms with Gasteiger partial charge in [0.1, 0.15) is 5.78 Å². The van der Waals surface area contributed by atoms with E-state index in [2.05, 4.69) is 0 Å². The number of amides is 1. The first-order valence-corrected chi connectivity index (χ1v) is 7.61. The van der Waals surface area contributed by atoms with E-state index >= 15 is 0 Å². The van der Waals surface area contributed by atoms with Crippen molar-refractivity contribution < 1.29 is 14.3 Å². The van der Waals surface area contributed by atoms with Crippen molar-refractivity contribution in [2.24, 2.45) is 5.92 Å². The molecule has 0 heterocycles. The van der Waals surface area contributed by atoms with Crippen molar-refractivity contribution in [3.05, 3.63) is 35.9 Å². The fourth-order valence-electron chi connectivity index (χ4n) is 3.18. The number of ketones is 1. The van der Waals surface area contributed by atoms with Gasteiger partial charge in [0, 0.05) is 18.9 Å². The summed E-state index contributed by atoms with van der Waals surface area (Å²) in [5, 5.41) is 0. The summed E-state index contributed by atoms with van der Waals surface area (Å²) in [7, 11) is 1.38. The number of rotatable bonds is 4. The molecule has 1 aromatic carbocycles. The number of hydrogen-bond acceptors (Lipinski definition) is 3. The van der Waals surface area contributed by atoms with Gasteiger partial charge in [0.05, 0.1) is 13.2 Å². The average Bonchev–Trinajstić information content (AvgIpc) is 2.53. The molecule has 1 aliphatic carbocycles. The van der Waals surface area contributed by atoms with Crippen molar-refractivity contribution >= 4 is 11.9 Å². The van der Waals surface area contributed by atoms with Crippen LogP contribution in [-0.2, 0) is 9.53 Å². The van der Waals surface area contributed by atoms with Crippen molar-refractivity contribution in [2.75, 3.05) is 13.7 Å². The minimum Gasteiger partial charge on any atom is -0.453 e. The van der Waals surface area contributed by atoms with Gasteiger partial charge in [-0.3, -0.25) is 4.79 Å². The first-order valence-electron chi connectivity index (χ1n) is 7.61. The molecule has 0 N–H and O–H groups in total. The molecule has 21 heavy (non-hydrogen) atoms. The second kappa shape index (κ2) is 7.25. The van der Waals surface area contributed by atoms with Crippen LogP contribution in [0.25, 0.3) is 0 Å². The van der Waals surface area contributed by atoms with E-state index in [0.717, 1.165) is 24.8 Å². The van der Waals surface area contributed by atoms with Crippen molar-refractivity contribution in [2.45, 2.75) is 38.6 Å². The zero-order chi connectivity index (χ0) is 15.2. The summed E-state index contributed by atoms with van der Waals surface area (Å²) in [6.45, 7) is 2.44. The molecule has 0 spiro atoms. The van der Waals surface area contributed by atoms with Crippen molar-refractivity contribution in [3.8, 4) is 0 Å². The number of nitrogens with zero attached hydrogens (tertiary/aromatic N) is 1. The van der Waals surface area contributed by atoms with Gasteiger partial charge in [0.2, 0.25) is 0 Å². The summed E-state index contributed by atoms with van der Waals surface area (Å²) in [5.41, 5.74) is 1.00. The number of benzene rings is 1. The molecule has 0 aliphatic heterocycles. The van der Waals surface area contributed by atoms with E-state index in [9.17, 15) is 9.59 Å². The Hall–Kier alpha value is -1.84. The van der Waals surface area contributed by atoms with Gasteiger partial charge >= 0.3 is 6.09 Å². The molecule has 1 aliphatic rings. The second-order valence-electron chi connectivity index (χ2n) is 5.43. The zero-order valence-corrected chi connectivity index (χ0v) is 12.7. The molecule has 1 saturated carbocycles. The number of Topliss-reactive ketones (excluding diaryl/α,β-unsaturated/α-hetero) is 1. The quantitative estimate of drug-likeness (QED) is 0.851. The molecule has 0 radical (unpaired) electrons. The molecular formula is C17H23NO3. The maximum absolute atomic E-state index is 12.4. The zero-order valence-electron chi connectivity index (χ0n) is 12.7. The predicted molar refractivity (Wildman–Crippen MR) is 80.9 cm³/mol. The maximum Gasteiger partial charge on any atom is 0.410 e. The monoisotopic (exact) mass is 289 g/mol. The lowest BCUT2D eigenvalue weighted by Crippen LogP contribution is -2.41. The Bertz CT molecular complexity index is 476. The van der Waals surface area contributed by atoms with E-state index < -0.39 is 0 Å². The minimum atomic E-state index is -0.371. The summed E-state index contributed by atoms with van der Waals surface area (Å²) >= 11 is 0. The third-order valence-electron chi connectivity index (χ3n) is 4.21. The number of hydrogen-bond donors (Lipinski definition) is 0. The van der Waals surface area contributed by atoms with Gasteiger partial charge in [-0.25, -0.2) is 4.79 Å². The number of carbonyl (C=O) groups is 2. The summed E-state index contributed by atoms with van der Waals surface area (Å²) in [6, 6.07) is 9.58. The van der Waals surface area contributed by atoms with Gasteiger partial charge < -0.3 is 9.64 Å². The van der Waals surface area contributed by atoms with Crippen LogP contribution in [0.4, 0.5) is 4.79 Å². The van der Waals surface area contributed by atoms with Crippen LogP contribution in [0.15, 0.2) is 30.3 Å². The smallest absolute Gasteiger partial charge is 0.410 e. The van der Waals surface area contributed by atoms with Crippen LogP contribution in [0.3, 0.4) is 0 Å². The Balaban J connectivity index is 2.38. The highest BCUT2D eigenvalue weighted by Gasteiger charge is 2.37. The van der Waals surface area contributed by atoms with Gasteiger partial charge in [0.25, 0.3) is 0 Å². The first kappa shape index (κ1) is 15.5. The van der Waals surface area contributed by atoms with Crippen LogP contribution in [0.5, 0.6) is 0 Å². The Labute approximate surface area is 126 Å². The normalized spacial score (nSPS) is 19.9. The highest BCUT2D eigenvalue weighted by molar-refractivity contribution is 5.83. The molecule has 0 saturated heterocycles. The fraction of sp³-hybridized carbons (Fsp3) is 0.529. The van der Waals surface area contributed by atoms with Crippen molar-refractivity contribution in [3.63, 3.8) is 0 Å². The van der Waals surface area contributed by atoms with E-state index in [0.29, 0.717) is 13.0 Å². The molecule has 2 atom stereocenters. The molecular weight excluding hydrogens is 266 g/mol. The Kier molecular flexibility index (Phi) is 5.37. The summed E-state index contributed by atoms with van der Waals surface area (Å²) in [6.07, 6.45) is 3.09. The number of carbonyl (C=O) groups excluding carboxylic acids is 2. The summed E-state index contributed by atoms with van der Waals surface area (Å²) in [4.78, 5) is 26.1. The van der Waals surface area contributed by atoms with E-state index in [1.165, 1.54) is 7.11 Å². The van der Waals surface area contributed by atoms with E-state index in [4.69, 9.17) is 4.74 Å². The van der Waals surface area contributed by atoms with Crippen molar-refractivity contribution in [1.82, 2.24) is 4.90 Å². The minimum absolute atomic E-state index is 0.125. The van der Waals surface area contributed by atoms with E-state index in [1.807, 2.05) is 37.3 Å². The van der Waals surface area contributed by atoms with Crippen LogP contribution in [0.2, 0.25) is 0 Å². The molecule has 1 amide bonds. The third-order valence-corrected chi connectivity index (χ3v) is 4.21. The topological polar surface area (TPSA) is 46.6 Å². The predicted octanol–water partition coefficient (Wildman–Crippen LogP) is 3.58. The number of methoxy groups -OCH3 is 1. The fourth-order valence-corrected chi connectivity index (χ4v) is 3.18. The largest absolute Gasteiger partial charge is 0.453 e. The van der Waals surface area contributed by atoms with Crippen molar-refractivity contribution in [1.29, 1.82) is 0 Å². The Morgan fingerprint density at radius 1 is 1.33 bits per heavy atom. The van der Waals surface area contributed by atoms with Crippen LogP contribution in [0, 0.1) is 5.92 Å². The standard InChI is InChI=1S/C17H23NO3/c1-3-18(17(20)21-2)16(13-9-5-4-6-10-13)14-11-7-8-12-15(14)19/h4-6,9-10,14,16H,3,7-8,11-12H2,1-2H3. The van der Waals surface area contributed by atoms with E-state index in [-0.39, 0.29) is 23.8 Å². The molecule has 1 aromatic rings. The highest BCUT2D eigenvalue weighted by Crippen LogP contribution is 2.36. The number of ether oxygens (including phenoxy) is 1. The maximum atomic E-state index is 12.4. The van der Waals surface area contributed by atoms with E-state index in [1.54, 1.807) is 4.90 Å². The molecule has 1 fully saturated rings. The lowest BCUT2D eigenvalue weighted by atomic mass is 9.79. The molecule has 0 aromatic heterocycles. The Morgan fingerprint density at radius 2 is 2.05 bits per heavy atom. The highest BCUT2D eigenvalue weighted by atomic mass is 16.5. The SMILES string of the molecule is CCN(C(=O)OC)C(c1ccccc1)C1CCCCC1=O. The van der Waals surface area contributed by atoms with Crippen LogP contribution in [-0.4, -0.2) is 30.4 Å². The summed E-state index contributed by atoms with van der Waals surface area (Å²) in [5.74, 6) is 0.137. The van der Waals surface area contributed by atoms with Crippen LogP contribution < -0.4 is 0 Å². The third kappa shape index (κ3) is 3.43. The van der Waals surface area contributed by atoms with Crippen LogP contribution in [0.1, 0.15) is 44.2 Å². The van der Waals surface area contributed by atoms with Gasteiger partial charge in [-0.15, -0.1) is 0 Å². The lowest BCUT2D eigenvalue weighted by Gasteiger charge is -2.37. The lowest BCUT2D eigenvalue weighted by molar-refractivity contribution is -0.126. The van der Waals surface area contributed by atoms with Gasteiger partial charge in [0.15, 0.2) is 0 Å². The van der Waals surface area contributed by atoms with Gasteiger partial charge in [-0.2, -0.15) is 0 Å². The molecule has 4 nitrogen and oxygen atoms in total. The Morgan fingerprint density at radius 3 is 2.62 bits per heavy atom. The van der Waals surface area contributed by atoms with Gasteiger partial charge in [-0.05, 0) is 25.3 Å². The molecule has 4 heteroatoms. The van der Waals surface area contributed by atoms with Gasteiger partial charge in [-0.1, -0.05) is 36.8 Å².